The van der Waals surface area contributed by atoms with Crippen molar-refractivity contribution in [2.45, 2.75) is 328 Å². The van der Waals surface area contributed by atoms with Crippen LogP contribution in [0.5, 0.6) is 0 Å². The minimum absolute atomic E-state index is 0.0328. The zero-order valence-electron chi connectivity index (χ0n) is 57.9. The maximum absolute atomic E-state index is 12.9. The Kier molecular flexibility index (Phi) is 65.5. The van der Waals surface area contributed by atoms with Crippen molar-refractivity contribution in [3.05, 3.63) is 109 Å². The Morgan fingerprint density at radius 1 is 0.352 bits per heavy atom. The molecule has 0 bridgehead atoms. The third kappa shape index (κ3) is 71.7. The van der Waals surface area contributed by atoms with E-state index in [2.05, 4.69) is 123 Å². The molecule has 0 fully saturated rings. The lowest BCUT2D eigenvalue weighted by Crippen LogP contribution is -2.37. The van der Waals surface area contributed by atoms with Gasteiger partial charge in [0.1, 0.15) is 19.8 Å². The number of nitrogens with zero attached hydrogens (tertiary/aromatic N) is 1. The van der Waals surface area contributed by atoms with Gasteiger partial charge in [0.2, 0.25) is 0 Å². The molecule has 0 aliphatic carbocycles. The molecule has 0 radical (unpaired) electrons. The van der Waals surface area contributed by atoms with E-state index in [4.69, 9.17) is 18.5 Å². The van der Waals surface area contributed by atoms with Gasteiger partial charge >= 0.3 is 11.9 Å². The Bertz CT molecular complexity index is 1850. The lowest BCUT2D eigenvalue weighted by atomic mass is 10.0. The Hall–Kier alpha value is -3.33. The molecule has 0 heterocycles. The first-order valence-electron chi connectivity index (χ1n) is 36.6. The number of hydrogen-bond acceptors (Lipinski definition) is 8. The number of ether oxygens (including phenoxy) is 2. The van der Waals surface area contributed by atoms with E-state index in [0.717, 1.165) is 96.3 Å². The number of esters is 2. The van der Waals surface area contributed by atoms with E-state index in [9.17, 15) is 19.0 Å². The molecule has 0 saturated carbocycles. The van der Waals surface area contributed by atoms with Crippen LogP contribution in [-0.4, -0.2) is 70.0 Å². The van der Waals surface area contributed by atoms with Crippen LogP contribution in [0.25, 0.3) is 0 Å². The van der Waals surface area contributed by atoms with Crippen molar-refractivity contribution in [2.24, 2.45) is 0 Å². The van der Waals surface area contributed by atoms with Gasteiger partial charge in [-0.3, -0.25) is 14.2 Å². The van der Waals surface area contributed by atoms with Crippen LogP contribution in [-0.2, 0) is 32.7 Å². The Labute approximate surface area is 544 Å². The highest BCUT2D eigenvalue weighted by Crippen LogP contribution is 2.38. The second-order valence-corrected chi connectivity index (χ2v) is 27.0. The zero-order valence-corrected chi connectivity index (χ0v) is 58.8. The Balaban J connectivity index is 3.96. The van der Waals surface area contributed by atoms with Gasteiger partial charge in [-0.15, -0.1) is 0 Å². The molecule has 0 aromatic carbocycles. The number of carbonyl (C=O) groups excluding carboxylic acids is 2. The molecule has 508 valence electrons. The van der Waals surface area contributed by atoms with E-state index in [0.29, 0.717) is 17.4 Å². The predicted molar refractivity (Wildman–Crippen MR) is 378 cm³/mol. The van der Waals surface area contributed by atoms with Gasteiger partial charge in [-0.05, 0) is 96.3 Å². The molecule has 0 amide bonds. The van der Waals surface area contributed by atoms with Gasteiger partial charge in [0.25, 0.3) is 7.82 Å². The van der Waals surface area contributed by atoms with Crippen LogP contribution < -0.4 is 4.89 Å². The third-order valence-electron chi connectivity index (χ3n) is 15.8. The highest BCUT2D eigenvalue weighted by molar-refractivity contribution is 7.45. The van der Waals surface area contributed by atoms with Crippen molar-refractivity contribution in [3.8, 4) is 0 Å². The summed E-state index contributed by atoms with van der Waals surface area (Å²) in [4.78, 5) is 38.1. The van der Waals surface area contributed by atoms with Gasteiger partial charge in [-0.25, -0.2) is 0 Å². The van der Waals surface area contributed by atoms with Crippen LogP contribution in [0, 0.1) is 0 Å². The molecule has 10 heteroatoms. The molecule has 9 nitrogen and oxygen atoms in total. The summed E-state index contributed by atoms with van der Waals surface area (Å²) in [6, 6.07) is 0. The molecule has 0 aromatic rings. The zero-order chi connectivity index (χ0) is 64.1. The fraction of sp³-hybridized carbons (Fsp3) is 0.744. The molecule has 0 aliphatic heterocycles. The first-order valence-corrected chi connectivity index (χ1v) is 38.1. The molecule has 2 atom stereocenters. The van der Waals surface area contributed by atoms with Crippen LogP contribution in [0.2, 0.25) is 0 Å². The fourth-order valence-electron chi connectivity index (χ4n) is 10.3. The number of phosphoric acid groups is 1. The summed E-state index contributed by atoms with van der Waals surface area (Å²) in [5.74, 6) is -0.825. The number of rotatable bonds is 67. The van der Waals surface area contributed by atoms with Gasteiger partial charge in [0.15, 0.2) is 6.10 Å². The van der Waals surface area contributed by atoms with Crippen molar-refractivity contribution >= 4 is 19.8 Å². The van der Waals surface area contributed by atoms with Crippen molar-refractivity contribution in [1.29, 1.82) is 0 Å². The van der Waals surface area contributed by atoms with E-state index in [1.54, 1.807) is 0 Å². The lowest BCUT2D eigenvalue weighted by molar-refractivity contribution is -0.870. The van der Waals surface area contributed by atoms with Gasteiger partial charge in [0.05, 0.1) is 27.7 Å². The van der Waals surface area contributed by atoms with Crippen LogP contribution in [0.3, 0.4) is 0 Å². The van der Waals surface area contributed by atoms with Crippen LogP contribution >= 0.6 is 7.82 Å². The molecule has 0 aromatic heterocycles. The highest BCUT2D eigenvalue weighted by Gasteiger charge is 2.22. The molecule has 0 spiro atoms. The smallest absolute Gasteiger partial charge is 0.306 e. The van der Waals surface area contributed by atoms with Crippen LogP contribution in [0.1, 0.15) is 322 Å². The van der Waals surface area contributed by atoms with Gasteiger partial charge in [0, 0.05) is 12.8 Å². The van der Waals surface area contributed by atoms with E-state index < -0.39 is 26.5 Å². The number of carbonyl (C=O) groups is 2. The average Bonchev–Trinajstić information content (AvgIpc) is 3.68. The summed E-state index contributed by atoms with van der Waals surface area (Å²) in [5.41, 5.74) is 0. The first kappa shape index (κ1) is 84.7. The number of hydrogen-bond donors (Lipinski definition) is 0. The van der Waals surface area contributed by atoms with E-state index >= 15 is 0 Å². The number of unbranched alkanes of at least 4 members (excludes halogenated alkanes) is 35. The lowest BCUT2D eigenvalue weighted by Gasteiger charge is -2.28. The monoisotopic (exact) mass is 1250 g/mol. The number of phosphoric ester groups is 1. The number of allylic oxidation sites excluding steroid dienone is 18. The van der Waals surface area contributed by atoms with E-state index in [1.807, 2.05) is 21.1 Å². The van der Waals surface area contributed by atoms with E-state index in [-0.39, 0.29) is 32.0 Å². The Morgan fingerprint density at radius 2 is 0.614 bits per heavy atom. The van der Waals surface area contributed by atoms with Crippen molar-refractivity contribution in [3.63, 3.8) is 0 Å². The van der Waals surface area contributed by atoms with Crippen molar-refractivity contribution in [1.82, 2.24) is 0 Å². The molecular formula is C78H138NO8P. The fourth-order valence-corrected chi connectivity index (χ4v) is 11.0. The largest absolute Gasteiger partial charge is 0.756 e. The third-order valence-corrected chi connectivity index (χ3v) is 16.8. The van der Waals surface area contributed by atoms with E-state index in [1.165, 1.54) is 193 Å². The molecule has 0 N–H and O–H groups in total. The van der Waals surface area contributed by atoms with Crippen molar-refractivity contribution in [2.75, 3.05) is 47.5 Å². The normalized spacial score (nSPS) is 13.8. The topological polar surface area (TPSA) is 111 Å². The second kappa shape index (κ2) is 68.0. The Morgan fingerprint density at radius 3 is 0.909 bits per heavy atom. The summed E-state index contributed by atoms with van der Waals surface area (Å²) < 4.78 is 34.3. The minimum Gasteiger partial charge on any atom is -0.756 e. The summed E-state index contributed by atoms with van der Waals surface area (Å²) in [6.45, 7) is 4.05. The molecule has 0 rings (SSSR count). The van der Waals surface area contributed by atoms with Crippen molar-refractivity contribution < 1.29 is 42.1 Å². The molecule has 88 heavy (non-hydrogen) atoms. The summed E-state index contributed by atoms with van der Waals surface area (Å²) in [5, 5.41) is 0. The first-order chi connectivity index (χ1) is 43.0. The maximum atomic E-state index is 12.9. The van der Waals surface area contributed by atoms with Gasteiger partial charge in [-0.1, -0.05) is 322 Å². The highest BCUT2D eigenvalue weighted by atomic mass is 31.2. The predicted octanol–water partition coefficient (Wildman–Crippen LogP) is 23.4. The van der Waals surface area contributed by atoms with Crippen LogP contribution in [0.15, 0.2) is 109 Å². The standard InChI is InChI=1S/C78H138NO8P/c1-6-8-10-12-14-16-18-20-22-24-26-28-30-32-33-34-35-36-37-38-39-40-41-42-43-44-45-47-49-51-53-55-57-59-61-63-65-67-69-71-78(81)87-76(75-86-88(82,83)85-73-72-79(3,4)5)74-84-77(80)70-68-66-64-62-60-58-56-54-52-50-48-46-31-29-27-25-23-21-19-17-15-13-11-9-7-2/h8-11,14-17,20-23,26-29,32-33,76H,6-7,12-13,18-19,24-25,30-31,34-75H2,1-5H3/b10-8-,11-9-,16-14-,17-15-,22-20-,23-21-,28-26-,29-27-,33-32-. The van der Waals surface area contributed by atoms with Gasteiger partial charge < -0.3 is 27.9 Å². The number of quaternary nitrogens is 1. The summed E-state index contributed by atoms with van der Waals surface area (Å²) in [6.07, 6.45) is 96.1. The molecule has 0 saturated heterocycles. The SMILES string of the molecule is CC/C=C\C/C=C\C/C=C\C/C=C\C/C=C\CCCCCCCCCCCCCCCCCCCCCCCCCC(=O)OC(COC(=O)CCCCCCCCCCCCCC/C=C\C/C=C\C/C=C\C/C=C\CC)COP(=O)([O-])OCC[N+](C)(C)C. The number of likely N-dealkylation sites (N-methyl/N-ethyl adjacent to an activating group) is 1. The van der Waals surface area contributed by atoms with Gasteiger partial charge in [-0.2, -0.15) is 0 Å². The molecular weight excluding hydrogens is 1110 g/mol. The summed E-state index contributed by atoms with van der Waals surface area (Å²) in [7, 11) is 1.17. The average molecular weight is 1250 g/mol. The summed E-state index contributed by atoms with van der Waals surface area (Å²) >= 11 is 0. The maximum Gasteiger partial charge on any atom is 0.306 e. The van der Waals surface area contributed by atoms with Crippen LogP contribution in [0.4, 0.5) is 0 Å². The molecule has 0 aliphatic rings. The quantitative estimate of drug-likeness (QED) is 0.0195. The second-order valence-electron chi connectivity index (χ2n) is 25.5. The molecule has 2 unspecified atom stereocenters. The minimum atomic E-state index is -4.65.